The van der Waals surface area contributed by atoms with Crippen LogP contribution in [0.25, 0.3) is 0 Å². The largest absolute Gasteiger partial charge is 0.491 e. The van der Waals surface area contributed by atoms with Crippen molar-refractivity contribution in [2.75, 3.05) is 18.5 Å². The molecule has 0 aliphatic heterocycles. The van der Waals surface area contributed by atoms with Gasteiger partial charge in [-0.25, -0.2) is 0 Å². The van der Waals surface area contributed by atoms with E-state index in [-0.39, 0.29) is 25.2 Å². The summed E-state index contributed by atoms with van der Waals surface area (Å²) in [6, 6.07) is 15.1. The number of ether oxygens (including phenoxy) is 2. The van der Waals surface area contributed by atoms with Crippen LogP contribution in [0.3, 0.4) is 0 Å². The highest BCUT2D eigenvalue weighted by molar-refractivity contribution is 5.92. The van der Waals surface area contributed by atoms with Crippen molar-refractivity contribution in [2.45, 2.75) is 33.0 Å². The maximum Gasteiger partial charge on any atom is 0.193 e. The summed E-state index contributed by atoms with van der Waals surface area (Å²) in [5, 5.41) is 13.0. The van der Waals surface area contributed by atoms with E-state index >= 15 is 0 Å². The number of rotatable bonds is 8. The molecule has 2 rings (SSSR count). The maximum atomic E-state index is 9.98. The minimum atomic E-state index is -0.738. The summed E-state index contributed by atoms with van der Waals surface area (Å²) in [6.07, 6.45) is -0.610. The van der Waals surface area contributed by atoms with Crippen LogP contribution in [0.4, 0.5) is 5.69 Å². The monoisotopic (exact) mass is 357 g/mol. The number of benzene rings is 2. The maximum absolute atomic E-state index is 9.98. The standard InChI is InChI=1S/C20H27N3O3/c1-14(2)26-18-9-7-16(8-10-18)23-20(21)22-12-17(24)13-25-19-6-4-5-15(3)11-19/h4-11,14,17,24H,12-13H2,1-3H3,(H3,21,22,23). The van der Waals surface area contributed by atoms with Crippen molar-refractivity contribution in [3.05, 3.63) is 54.1 Å². The van der Waals surface area contributed by atoms with Gasteiger partial charge in [-0.2, -0.15) is 0 Å². The van der Waals surface area contributed by atoms with Crippen LogP contribution in [0.15, 0.2) is 53.5 Å². The normalized spacial score (nSPS) is 12.7. The molecule has 0 aromatic heterocycles. The van der Waals surface area contributed by atoms with E-state index in [2.05, 4.69) is 10.3 Å². The van der Waals surface area contributed by atoms with Crippen LogP contribution < -0.4 is 20.5 Å². The second kappa shape index (κ2) is 9.68. The minimum Gasteiger partial charge on any atom is -0.491 e. The van der Waals surface area contributed by atoms with Crippen molar-refractivity contribution in [3.8, 4) is 11.5 Å². The Labute approximate surface area is 154 Å². The Balaban J connectivity index is 1.78. The van der Waals surface area contributed by atoms with E-state index in [1.165, 1.54) is 0 Å². The van der Waals surface area contributed by atoms with Gasteiger partial charge >= 0.3 is 0 Å². The molecule has 0 fully saturated rings. The third kappa shape index (κ3) is 7.03. The van der Waals surface area contributed by atoms with Gasteiger partial charge in [0.1, 0.15) is 24.2 Å². The van der Waals surface area contributed by atoms with Crippen molar-refractivity contribution in [3.63, 3.8) is 0 Å². The zero-order valence-corrected chi connectivity index (χ0v) is 15.5. The van der Waals surface area contributed by atoms with Crippen LogP contribution in [0.2, 0.25) is 0 Å². The summed E-state index contributed by atoms with van der Waals surface area (Å²) in [5.74, 6) is 1.75. The quantitative estimate of drug-likeness (QED) is 0.499. The van der Waals surface area contributed by atoms with Crippen LogP contribution in [-0.4, -0.2) is 36.4 Å². The van der Waals surface area contributed by atoms with E-state index in [9.17, 15) is 5.11 Å². The van der Waals surface area contributed by atoms with Gasteiger partial charge in [0.2, 0.25) is 0 Å². The first-order chi connectivity index (χ1) is 12.4. The van der Waals surface area contributed by atoms with Gasteiger partial charge in [-0.3, -0.25) is 4.99 Å². The summed E-state index contributed by atoms with van der Waals surface area (Å²) in [6.45, 7) is 6.25. The minimum absolute atomic E-state index is 0.129. The number of nitrogens with one attached hydrogen (secondary N) is 1. The molecule has 140 valence electrons. The molecule has 0 bridgehead atoms. The van der Waals surface area contributed by atoms with Gasteiger partial charge in [-0.1, -0.05) is 12.1 Å². The van der Waals surface area contributed by atoms with Crippen molar-refractivity contribution in [1.82, 2.24) is 0 Å². The zero-order chi connectivity index (χ0) is 18.9. The molecule has 2 aromatic rings. The van der Waals surface area contributed by atoms with E-state index in [1.54, 1.807) is 0 Å². The average molecular weight is 357 g/mol. The number of aryl methyl sites for hydroxylation is 1. The number of hydrogen-bond donors (Lipinski definition) is 3. The first-order valence-corrected chi connectivity index (χ1v) is 8.63. The SMILES string of the molecule is Cc1cccc(OCC(O)CN=C(N)Nc2ccc(OC(C)C)cc2)c1. The lowest BCUT2D eigenvalue weighted by Crippen LogP contribution is -2.27. The average Bonchev–Trinajstić information content (AvgIpc) is 2.59. The van der Waals surface area contributed by atoms with Crippen LogP contribution in [0, 0.1) is 6.92 Å². The van der Waals surface area contributed by atoms with E-state index in [0.29, 0.717) is 0 Å². The molecule has 2 aromatic carbocycles. The predicted octanol–water partition coefficient (Wildman–Crippen LogP) is 2.95. The van der Waals surface area contributed by atoms with E-state index in [1.807, 2.05) is 69.3 Å². The molecule has 0 saturated heterocycles. The number of aliphatic hydroxyl groups excluding tert-OH is 1. The fraction of sp³-hybridized carbons (Fsp3) is 0.350. The van der Waals surface area contributed by atoms with Gasteiger partial charge in [0.05, 0.1) is 12.6 Å². The lowest BCUT2D eigenvalue weighted by Gasteiger charge is -2.12. The molecule has 26 heavy (non-hydrogen) atoms. The summed E-state index contributed by atoms with van der Waals surface area (Å²) in [4.78, 5) is 4.14. The first-order valence-electron chi connectivity index (χ1n) is 8.63. The fourth-order valence-electron chi connectivity index (χ4n) is 2.23. The Morgan fingerprint density at radius 3 is 2.54 bits per heavy atom. The molecule has 0 saturated carbocycles. The number of aliphatic imine (C=N–C) groups is 1. The lowest BCUT2D eigenvalue weighted by atomic mass is 10.2. The summed E-state index contributed by atoms with van der Waals surface area (Å²) >= 11 is 0. The van der Waals surface area contributed by atoms with Crippen LogP contribution in [-0.2, 0) is 0 Å². The van der Waals surface area contributed by atoms with Crippen LogP contribution in [0.1, 0.15) is 19.4 Å². The topological polar surface area (TPSA) is 89.1 Å². The molecule has 0 heterocycles. The van der Waals surface area contributed by atoms with Crippen molar-refractivity contribution in [2.24, 2.45) is 10.7 Å². The molecular weight excluding hydrogens is 330 g/mol. The van der Waals surface area contributed by atoms with E-state index in [4.69, 9.17) is 15.2 Å². The fourth-order valence-corrected chi connectivity index (χ4v) is 2.23. The number of nitrogens with zero attached hydrogens (tertiary/aromatic N) is 1. The molecular formula is C20H27N3O3. The molecule has 6 nitrogen and oxygen atoms in total. The molecule has 1 atom stereocenters. The van der Waals surface area contributed by atoms with E-state index < -0.39 is 6.10 Å². The smallest absolute Gasteiger partial charge is 0.193 e. The van der Waals surface area contributed by atoms with Gasteiger partial charge in [0.25, 0.3) is 0 Å². The van der Waals surface area contributed by atoms with Gasteiger partial charge in [-0.15, -0.1) is 0 Å². The van der Waals surface area contributed by atoms with Crippen molar-refractivity contribution in [1.29, 1.82) is 0 Å². The Morgan fingerprint density at radius 1 is 1.15 bits per heavy atom. The first kappa shape index (κ1) is 19.6. The van der Waals surface area contributed by atoms with Gasteiger partial charge in [0, 0.05) is 5.69 Å². The zero-order valence-electron chi connectivity index (χ0n) is 15.5. The summed E-state index contributed by atoms with van der Waals surface area (Å²) < 4.78 is 11.1. The molecule has 1 unspecified atom stereocenters. The highest BCUT2D eigenvalue weighted by atomic mass is 16.5. The number of hydrogen-bond acceptors (Lipinski definition) is 4. The number of nitrogens with two attached hydrogens (primary N) is 1. The number of guanidine groups is 1. The molecule has 0 amide bonds. The molecule has 4 N–H and O–H groups in total. The second-order valence-corrected chi connectivity index (χ2v) is 6.32. The Morgan fingerprint density at radius 2 is 1.88 bits per heavy atom. The molecule has 6 heteroatoms. The van der Waals surface area contributed by atoms with Crippen LogP contribution in [0.5, 0.6) is 11.5 Å². The Kier molecular flexibility index (Phi) is 7.29. The molecule has 0 spiro atoms. The van der Waals surface area contributed by atoms with Gasteiger partial charge in [-0.05, 0) is 62.7 Å². The van der Waals surface area contributed by atoms with Crippen molar-refractivity contribution >= 4 is 11.6 Å². The summed E-state index contributed by atoms with van der Waals surface area (Å²) in [7, 11) is 0. The molecule has 0 radical (unpaired) electrons. The van der Waals surface area contributed by atoms with Crippen molar-refractivity contribution < 1.29 is 14.6 Å². The molecule has 0 aliphatic rings. The molecule has 0 aliphatic carbocycles. The Hall–Kier alpha value is -2.73. The van der Waals surface area contributed by atoms with Gasteiger partial charge in [0.15, 0.2) is 5.96 Å². The third-order valence-corrected chi connectivity index (χ3v) is 3.40. The highest BCUT2D eigenvalue weighted by Gasteiger charge is 2.06. The van der Waals surface area contributed by atoms with Crippen LogP contribution >= 0.6 is 0 Å². The number of anilines is 1. The third-order valence-electron chi connectivity index (χ3n) is 3.40. The van der Waals surface area contributed by atoms with Gasteiger partial charge < -0.3 is 25.6 Å². The highest BCUT2D eigenvalue weighted by Crippen LogP contribution is 2.16. The number of aliphatic hydroxyl groups is 1. The Bertz CT molecular complexity index is 714. The van der Waals surface area contributed by atoms with E-state index in [0.717, 1.165) is 22.7 Å². The predicted molar refractivity (Wildman–Crippen MR) is 105 cm³/mol. The summed E-state index contributed by atoms with van der Waals surface area (Å²) in [5.41, 5.74) is 7.76. The second-order valence-electron chi connectivity index (χ2n) is 6.32. The lowest BCUT2D eigenvalue weighted by molar-refractivity contribution is 0.114.